The van der Waals surface area contributed by atoms with Gasteiger partial charge in [0.25, 0.3) is 11.8 Å². The number of nitrogens with one attached hydrogen (secondary N) is 1. The fraction of sp³-hybridized carbons (Fsp3) is 0.308. The van der Waals surface area contributed by atoms with Crippen molar-refractivity contribution in [1.82, 2.24) is 15.3 Å². The van der Waals surface area contributed by atoms with E-state index in [2.05, 4.69) is 21.4 Å². The summed E-state index contributed by atoms with van der Waals surface area (Å²) in [5, 5.41) is 1.10. The van der Waals surface area contributed by atoms with Crippen molar-refractivity contribution in [2.45, 2.75) is 19.9 Å². The number of benzene rings is 1. The van der Waals surface area contributed by atoms with Crippen molar-refractivity contribution in [3.63, 3.8) is 0 Å². The van der Waals surface area contributed by atoms with Gasteiger partial charge in [0.15, 0.2) is 0 Å². The Labute approximate surface area is 135 Å². The Bertz CT molecular complexity index is 607. The fourth-order valence-corrected chi connectivity index (χ4v) is 2.39. The van der Waals surface area contributed by atoms with Gasteiger partial charge in [0, 0.05) is 17.1 Å². The van der Waals surface area contributed by atoms with Crippen LogP contribution in [0.15, 0.2) is 16.6 Å². The van der Waals surface area contributed by atoms with Gasteiger partial charge >= 0.3 is 6.03 Å². The van der Waals surface area contributed by atoms with Gasteiger partial charge in [-0.25, -0.2) is 4.79 Å². The summed E-state index contributed by atoms with van der Waals surface area (Å²) < 4.78 is 0.697. The number of amides is 4. The first-order valence-electron chi connectivity index (χ1n) is 6.11. The highest BCUT2D eigenvalue weighted by atomic mass is 79.9. The molecule has 2 rings (SSSR count). The van der Waals surface area contributed by atoms with Crippen molar-refractivity contribution >= 4 is 45.4 Å². The average Bonchev–Trinajstić information content (AvgIpc) is 2.62. The van der Waals surface area contributed by atoms with E-state index >= 15 is 0 Å². The van der Waals surface area contributed by atoms with Crippen molar-refractivity contribution in [3.05, 3.63) is 32.8 Å². The SMILES string of the molecule is Cc1cc(C(=O)NN2C(=O)C(C)N(C)C2=O)cc(Cl)c1Br. The number of likely N-dealkylation sites (N-methyl/N-ethyl adjacent to an activating group) is 1. The molecular weight excluding hydrogens is 362 g/mol. The van der Waals surface area contributed by atoms with Crippen molar-refractivity contribution in [2.24, 2.45) is 0 Å². The molecule has 1 fully saturated rings. The van der Waals surface area contributed by atoms with E-state index in [0.717, 1.165) is 10.6 Å². The highest BCUT2D eigenvalue weighted by molar-refractivity contribution is 9.10. The number of carbonyl (C=O) groups excluding carboxylic acids is 3. The lowest BCUT2D eigenvalue weighted by atomic mass is 10.1. The predicted octanol–water partition coefficient (Wildman–Crippen LogP) is 2.34. The summed E-state index contributed by atoms with van der Waals surface area (Å²) in [5.41, 5.74) is 3.35. The number of carbonyl (C=O) groups is 3. The first-order valence-corrected chi connectivity index (χ1v) is 7.28. The quantitative estimate of drug-likeness (QED) is 0.808. The van der Waals surface area contributed by atoms with E-state index in [4.69, 9.17) is 11.6 Å². The van der Waals surface area contributed by atoms with Crippen LogP contribution in [-0.2, 0) is 4.79 Å². The number of urea groups is 1. The van der Waals surface area contributed by atoms with Crippen molar-refractivity contribution < 1.29 is 14.4 Å². The van der Waals surface area contributed by atoms with Crippen LogP contribution >= 0.6 is 27.5 Å². The second kappa shape index (κ2) is 5.65. The molecule has 0 saturated carbocycles. The number of rotatable bonds is 2. The number of hydrogen-bond acceptors (Lipinski definition) is 3. The smallest absolute Gasteiger partial charge is 0.314 e. The molecule has 0 radical (unpaired) electrons. The molecule has 1 heterocycles. The van der Waals surface area contributed by atoms with Crippen LogP contribution in [0.1, 0.15) is 22.8 Å². The zero-order valence-electron chi connectivity index (χ0n) is 11.6. The summed E-state index contributed by atoms with van der Waals surface area (Å²) >= 11 is 9.30. The molecule has 8 heteroatoms. The number of aryl methyl sites for hydroxylation is 1. The van der Waals surface area contributed by atoms with Crippen LogP contribution in [0.25, 0.3) is 0 Å². The molecule has 0 spiro atoms. The van der Waals surface area contributed by atoms with Crippen LogP contribution in [0, 0.1) is 6.92 Å². The number of hydrazine groups is 1. The van der Waals surface area contributed by atoms with Gasteiger partial charge in [-0.2, -0.15) is 5.01 Å². The van der Waals surface area contributed by atoms with E-state index in [1.807, 2.05) is 0 Å². The van der Waals surface area contributed by atoms with Crippen LogP contribution < -0.4 is 5.43 Å². The molecule has 1 saturated heterocycles. The third kappa shape index (κ3) is 2.75. The first-order chi connectivity index (χ1) is 9.73. The summed E-state index contributed by atoms with van der Waals surface area (Å²) in [6.07, 6.45) is 0. The molecule has 1 aliphatic heterocycles. The van der Waals surface area contributed by atoms with Crippen LogP contribution in [-0.4, -0.2) is 40.8 Å². The molecule has 6 nitrogen and oxygen atoms in total. The normalized spacial score (nSPS) is 18.4. The molecule has 1 aromatic carbocycles. The second-order valence-electron chi connectivity index (χ2n) is 4.77. The number of imide groups is 1. The van der Waals surface area contributed by atoms with Crippen LogP contribution in [0.5, 0.6) is 0 Å². The van der Waals surface area contributed by atoms with Gasteiger partial charge in [-0.1, -0.05) is 11.6 Å². The molecule has 1 N–H and O–H groups in total. The van der Waals surface area contributed by atoms with Crippen molar-refractivity contribution in [2.75, 3.05) is 7.05 Å². The third-order valence-corrected chi connectivity index (χ3v) is 4.92. The standard InChI is InChI=1S/C13H13BrClN3O3/c1-6-4-8(5-9(15)10(6)14)11(19)16-18-12(20)7(2)17(3)13(18)21/h4-5,7H,1-3H3,(H,16,19). The summed E-state index contributed by atoms with van der Waals surface area (Å²) in [6.45, 7) is 3.38. The van der Waals surface area contributed by atoms with E-state index in [0.29, 0.717) is 9.50 Å². The predicted molar refractivity (Wildman–Crippen MR) is 80.8 cm³/mol. The van der Waals surface area contributed by atoms with Gasteiger partial charge in [0.05, 0.1) is 5.02 Å². The minimum atomic E-state index is -0.604. The molecule has 1 unspecified atom stereocenters. The first kappa shape index (κ1) is 15.8. The topological polar surface area (TPSA) is 69.7 Å². The zero-order valence-corrected chi connectivity index (χ0v) is 13.9. The Morgan fingerprint density at radius 3 is 2.48 bits per heavy atom. The summed E-state index contributed by atoms with van der Waals surface area (Å²) in [5.74, 6) is -1.05. The molecule has 112 valence electrons. The maximum Gasteiger partial charge on any atom is 0.346 e. The lowest BCUT2D eigenvalue weighted by Gasteiger charge is -2.15. The van der Waals surface area contributed by atoms with E-state index in [9.17, 15) is 14.4 Å². The summed E-state index contributed by atoms with van der Waals surface area (Å²) in [7, 11) is 1.50. The van der Waals surface area contributed by atoms with E-state index in [-0.39, 0.29) is 5.56 Å². The molecule has 1 aromatic rings. The Hall–Kier alpha value is -1.60. The molecular formula is C13H13BrClN3O3. The highest BCUT2D eigenvalue weighted by Gasteiger charge is 2.41. The Morgan fingerprint density at radius 2 is 2.00 bits per heavy atom. The molecule has 0 aromatic heterocycles. The van der Waals surface area contributed by atoms with Crippen LogP contribution in [0.4, 0.5) is 4.79 Å². The highest BCUT2D eigenvalue weighted by Crippen LogP contribution is 2.27. The van der Waals surface area contributed by atoms with Gasteiger partial charge in [-0.3, -0.25) is 15.0 Å². The van der Waals surface area contributed by atoms with Crippen LogP contribution in [0.2, 0.25) is 5.02 Å². The maximum absolute atomic E-state index is 12.2. The lowest BCUT2D eigenvalue weighted by Crippen LogP contribution is -2.46. The molecule has 1 atom stereocenters. The minimum absolute atomic E-state index is 0.267. The van der Waals surface area contributed by atoms with E-state index < -0.39 is 23.9 Å². The fourth-order valence-electron chi connectivity index (χ4n) is 1.90. The molecule has 1 aliphatic rings. The third-order valence-electron chi connectivity index (χ3n) is 3.34. The summed E-state index contributed by atoms with van der Waals surface area (Å²) in [4.78, 5) is 37.2. The summed E-state index contributed by atoms with van der Waals surface area (Å²) in [6, 6.07) is 1.91. The van der Waals surface area contributed by atoms with Gasteiger partial charge < -0.3 is 4.90 Å². The van der Waals surface area contributed by atoms with E-state index in [1.165, 1.54) is 18.0 Å². The Kier molecular flexibility index (Phi) is 4.25. The van der Waals surface area contributed by atoms with E-state index in [1.54, 1.807) is 19.9 Å². The maximum atomic E-state index is 12.2. The van der Waals surface area contributed by atoms with Gasteiger partial charge in [-0.15, -0.1) is 0 Å². The number of halogens is 2. The monoisotopic (exact) mass is 373 g/mol. The van der Waals surface area contributed by atoms with Crippen molar-refractivity contribution in [1.29, 1.82) is 0 Å². The molecule has 0 bridgehead atoms. The van der Waals surface area contributed by atoms with Gasteiger partial charge in [0.2, 0.25) is 0 Å². The Balaban J connectivity index is 2.23. The Morgan fingerprint density at radius 1 is 1.38 bits per heavy atom. The van der Waals surface area contributed by atoms with Gasteiger partial charge in [0.1, 0.15) is 6.04 Å². The minimum Gasteiger partial charge on any atom is -0.314 e. The molecule has 21 heavy (non-hydrogen) atoms. The number of nitrogens with zero attached hydrogens (tertiary/aromatic N) is 2. The molecule has 4 amide bonds. The zero-order chi connectivity index (χ0) is 15.9. The largest absolute Gasteiger partial charge is 0.346 e. The van der Waals surface area contributed by atoms with Crippen molar-refractivity contribution in [3.8, 4) is 0 Å². The lowest BCUT2D eigenvalue weighted by molar-refractivity contribution is -0.129. The number of hydrogen-bond donors (Lipinski definition) is 1. The van der Waals surface area contributed by atoms with Gasteiger partial charge in [-0.05, 0) is 47.5 Å². The average molecular weight is 375 g/mol. The van der Waals surface area contributed by atoms with Crippen LogP contribution in [0.3, 0.4) is 0 Å². The second-order valence-corrected chi connectivity index (χ2v) is 5.97. The molecule has 0 aliphatic carbocycles.